The Morgan fingerprint density at radius 1 is 1.14 bits per heavy atom. The summed E-state index contributed by atoms with van der Waals surface area (Å²) in [6.45, 7) is 6.61. The number of primary sulfonamides is 1. The third kappa shape index (κ3) is 5.02. The van der Waals surface area contributed by atoms with E-state index in [1.807, 2.05) is 39.0 Å². The van der Waals surface area contributed by atoms with E-state index in [-0.39, 0.29) is 10.4 Å². The van der Waals surface area contributed by atoms with Gasteiger partial charge in [-0.2, -0.15) is 5.26 Å². The Balaban J connectivity index is 1.89. The number of sulfonamides is 1. The maximum Gasteiger partial charge on any atom is 0.238 e. The second-order valence-electron chi connectivity index (χ2n) is 7.81. The third-order valence-electron chi connectivity index (χ3n) is 4.24. The van der Waals surface area contributed by atoms with Gasteiger partial charge in [-0.05, 0) is 56.7 Å². The summed E-state index contributed by atoms with van der Waals surface area (Å²) in [6, 6.07) is 14.4. The molecule has 150 valence electrons. The van der Waals surface area contributed by atoms with E-state index >= 15 is 0 Å². The second kappa shape index (κ2) is 7.70. The van der Waals surface area contributed by atoms with Crippen LogP contribution < -0.4 is 15.8 Å². The number of anilines is 2. The molecule has 29 heavy (non-hydrogen) atoms. The molecule has 0 aliphatic rings. The highest BCUT2D eigenvalue weighted by Crippen LogP contribution is 2.30. The van der Waals surface area contributed by atoms with Crippen LogP contribution in [-0.2, 0) is 16.6 Å². The molecule has 8 heteroatoms. The number of aromatic nitrogens is 1. The van der Waals surface area contributed by atoms with Crippen molar-refractivity contribution in [2.45, 2.75) is 37.8 Å². The van der Waals surface area contributed by atoms with E-state index in [1.165, 1.54) is 12.1 Å². The van der Waals surface area contributed by atoms with Crippen LogP contribution in [0.2, 0.25) is 0 Å². The Labute approximate surface area is 170 Å². The van der Waals surface area contributed by atoms with Crippen LogP contribution in [0.1, 0.15) is 31.9 Å². The SMILES string of the molecule is CC(C)(C)Nc1c(C#N)cnc2ccc(NCc3ccc(S(N)(=O)=O)cc3)cc12. The van der Waals surface area contributed by atoms with Gasteiger partial charge in [-0.25, -0.2) is 13.6 Å². The van der Waals surface area contributed by atoms with E-state index in [1.54, 1.807) is 18.3 Å². The number of pyridine rings is 1. The van der Waals surface area contributed by atoms with Crippen LogP contribution in [0.15, 0.2) is 53.6 Å². The molecular weight excluding hydrogens is 386 g/mol. The average Bonchev–Trinajstić information content (AvgIpc) is 2.65. The average molecular weight is 410 g/mol. The smallest absolute Gasteiger partial charge is 0.238 e. The third-order valence-corrected chi connectivity index (χ3v) is 5.17. The number of nitrogens with two attached hydrogens (primary N) is 1. The monoisotopic (exact) mass is 409 g/mol. The Kier molecular flexibility index (Phi) is 5.46. The number of fused-ring (bicyclic) bond motifs is 1. The zero-order valence-corrected chi connectivity index (χ0v) is 17.3. The molecule has 3 rings (SSSR count). The van der Waals surface area contributed by atoms with Gasteiger partial charge in [-0.15, -0.1) is 0 Å². The lowest BCUT2D eigenvalue weighted by molar-refractivity contribution is 0.597. The standard InChI is InChI=1S/C21H23N5O2S/c1-21(2,3)26-20-15(11-22)13-25-19-9-6-16(10-18(19)20)24-12-14-4-7-17(8-5-14)29(23,27)28/h4-10,13,24H,12H2,1-3H3,(H,25,26)(H2,23,27,28). The van der Waals surface area contributed by atoms with Crippen molar-refractivity contribution in [1.82, 2.24) is 4.98 Å². The number of nitrogens with one attached hydrogen (secondary N) is 2. The van der Waals surface area contributed by atoms with Gasteiger partial charge in [0, 0.05) is 29.4 Å². The Morgan fingerprint density at radius 2 is 1.83 bits per heavy atom. The van der Waals surface area contributed by atoms with Crippen molar-refractivity contribution in [2.24, 2.45) is 5.14 Å². The van der Waals surface area contributed by atoms with Crippen molar-refractivity contribution >= 4 is 32.3 Å². The highest BCUT2D eigenvalue weighted by Gasteiger charge is 2.16. The molecule has 0 saturated carbocycles. The molecular formula is C21H23N5O2S. The summed E-state index contributed by atoms with van der Waals surface area (Å²) in [5, 5.41) is 22.2. The lowest BCUT2D eigenvalue weighted by Crippen LogP contribution is -2.26. The van der Waals surface area contributed by atoms with Gasteiger partial charge in [-0.3, -0.25) is 4.98 Å². The minimum atomic E-state index is -3.70. The Morgan fingerprint density at radius 3 is 2.41 bits per heavy atom. The number of hydrogen-bond acceptors (Lipinski definition) is 6. The van der Waals surface area contributed by atoms with Crippen molar-refractivity contribution < 1.29 is 8.42 Å². The number of hydrogen-bond donors (Lipinski definition) is 3. The largest absolute Gasteiger partial charge is 0.381 e. The van der Waals surface area contributed by atoms with Gasteiger partial charge in [-0.1, -0.05) is 12.1 Å². The summed E-state index contributed by atoms with van der Waals surface area (Å²) in [4.78, 5) is 4.46. The first-order chi connectivity index (χ1) is 13.6. The molecule has 7 nitrogen and oxygen atoms in total. The molecule has 1 aromatic heterocycles. The Hall–Kier alpha value is -3.15. The van der Waals surface area contributed by atoms with Gasteiger partial charge in [0.15, 0.2) is 0 Å². The zero-order chi connectivity index (χ0) is 21.2. The molecule has 0 unspecified atom stereocenters. The first-order valence-corrected chi connectivity index (χ1v) is 10.6. The summed E-state index contributed by atoms with van der Waals surface area (Å²) in [5.74, 6) is 0. The summed E-state index contributed by atoms with van der Waals surface area (Å²) in [7, 11) is -3.70. The van der Waals surface area contributed by atoms with Gasteiger partial charge in [0.2, 0.25) is 10.0 Å². The predicted octanol–water partition coefficient (Wildman–Crippen LogP) is 3.58. The number of benzene rings is 2. The molecule has 0 aliphatic carbocycles. The minimum Gasteiger partial charge on any atom is -0.381 e. The van der Waals surface area contributed by atoms with E-state index < -0.39 is 10.0 Å². The van der Waals surface area contributed by atoms with E-state index in [0.717, 1.165) is 27.8 Å². The van der Waals surface area contributed by atoms with Crippen molar-refractivity contribution in [2.75, 3.05) is 10.6 Å². The maximum absolute atomic E-state index is 11.4. The summed E-state index contributed by atoms with van der Waals surface area (Å²) in [5.41, 5.74) is 3.60. The quantitative estimate of drug-likeness (QED) is 0.592. The predicted molar refractivity (Wildman–Crippen MR) is 115 cm³/mol. The summed E-state index contributed by atoms with van der Waals surface area (Å²) >= 11 is 0. The fourth-order valence-corrected chi connectivity index (χ4v) is 3.41. The van der Waals surface area contributed by atoms with E-state index in [2.05, 4.69) is 21.7 Å². The molecule has 0 saturated heterocycles. The molecule has 0 bridgehead atoms. The fraction of sp³-hybridized carbons (Fsp3) is 0.238. The maximum atomic E-state index is 11.4. The first-order valence-electron chi connectivity index (χ1n) is 9.03. The summed E-state index contributed by atoms with van der Waals surface area (Å²) < 4.78 is 22.7. The van der Waals surface area contributed by atoms with Crippen molar-refractivity contribution in [3.8, 4) is 6.07 Å². The molecule has 0 amide bonds. The Bertz CT molecular complexity index is 1190. The van der Waals surface area contributed by atoms with Crippen LogP contribution in [0.5, 0.6) is 0 Å². The molecule has 1 heterocycles. The molecule has 2 aromatic carbocycles. The second-order valence-corrected chi connectivity index (χ2v) is 9.37. The molecule has 0 fully saturated rings. The molecule has 3 aromatic rings. The molecule has 0 spiro atoms. The van der Waals surface area contributed by atoms with Gasteiger partial charge >= 0.3 is 0 Å². The van der Waals surface area contributed by atoms with Crippen LogP contribution in [0.4, 0.5) is 11.4 Å². The highest BCUT2D eigenvalue weighted by atomic mass is 32.2. The molecule has 4 N–H and O–H groups in total. The number of nitriles is 1. The van der Waals surface area contributed by atoms with Crippen molar-refractivity contribution in [3.63, 3.8) is 0 Å². The van der Waals surface area contributed by atoms with E-state index in [4.69, 9.17) is 5.14 Å². The van der Waals surface area contributed by atoms with Crippen molar-refractivity contribution in [3.05, 3.63) is 59.8 Å². The fourth-order valence-electron chi connectivity index (χ4n) is 2.90. The summed E-state index contributed by atoms with van der Waals surface area (Å²) in [6.07, 6.45) is 1.58. The molecule has 0 atom stereocenters. The normalized spacial score (nSPS) is 11.8. The molecule has 0 aliphatic heterocycles. The van der Waals surface area contributed by atoms with Crippen LogP contribution in [-0.4, -0.2) is 18.9 Å². The van der Waals surface area contributed by atoms with Gasteiger partial charge in [0.25, 0.3) is 0 Å². The van der Waals surface area contributed by atoms with Crippen LogP contribution in [0, 0.1) is 11.3 Å². The first kappa shape index (κ1) is 20.6. The van der Waals surface area contributed by atoms with Crippen LogP contribution in [0.3, 0.4) is 0 Å². The topological polar surface area (TPSA) is 121 Å². The highest BCUT2D eigenvalue weighted by molar-refractivity contribution is 7.89. The van der Waals surface area contributed by atoms with Gasteiger partial charge < -0.3 is 10.6 Å². The van der Waals surface area contributed by atoms with Gasteiger partial charge in [0.05, 0.1) is 21.7 Å². The molecule has 0 radical (unpaired) electrons. The minimum absolute atomic E-state index is 0.0833. The van der Waals surface area contributed by atoms with E-state index in [0.29, 0.717) is 12.1 Å². The van der Waals surface area contributed by atoms with Crippen molar-refractivity contribution in [1.29, 1.82) is 5.26 Å². The zero-order valence-electron chi connectivity index (χ0n) is 16.5. The lowest BCUT2D eigenvalue weighted by atomic mass is 10.0. The van der Waals surface area contributed by atoms with Crippen LogP contribution >= 0.6 is 0 Å². The number of nitrogens with zero attached hydrogens (tertiary/aromatic N) is 2. The van der Waals surface area contributed by atoms with Crippen LogP contribution in [0.25, 0.3) is 10.9 Å². The van der Waals surface area contributed by atoms with Gasteiger partial charge in [0.1, 0.15) is 6.07 Å². The van der Waals surface area contributed by atoms with E-state index in [9.17, 15) is 13.7 Å². The number of rotatable bonds is 5. The lowest BCUT2D eigenvalue weighted by Gasteiger charge is -2.24.